The minimum atomic E-state index is 0.946. The number of aromatic nitrogens is 2. The van der Waals surface area contributed by atoms with Crippen LogP contribution in [0.4, 0.5) is 0 Å². The van der Waals surface area contributed by atoms with Crippen LogP contribution in [0.3, 0.4) is 0 Å². The summed E-state index contributed by atoms with van der Waals surface area (Å²) in [5.41, 5.74) is 11.6. The smallest absolute Gasteiger partial charge is 0.0728 e. The van der Waals surface area contributed by atoms with Crippen LogP contribution in [0.25, 0.3) is 55.4 Å². The van der Waals surface area contributed by atoms with Crippen molar-refractivity contribution in [1.29, 1.82) is 0 Å². The summed E-state index contributed by atoms with van der Waals surface area (Å²) >= 11 is 8.34. The predicted molar refractivity (Wildman–Crippen MR) is 223 cm³/mol. The Bertz CT molecular complexity index is 2030. The molecule has 0 amide bonds. The van der Waals surface area contributed by atoms with Crippen LogP contribution in [0.15, 0.2) is 106 Å². The monoisotopic (exact) mass is 788 g/mol. The summed E-state index contributed by atoms with van der Waals surface area (Å²) in [6, 6.07) is 34.8. The van der Waals surface area contributed by atoms with E-state index in [0.29, 0.717) is 0 Å². The molecule has 0 saturated heterocycles. The van der Waals surface area contributed by atoms with Crippen LogP contribution in [0, 0.1) is 0 Å². The maximum Gasteiger partial charge on any atom is 0.0728 e. The first kappa shape index (κ1) is 36.5. The highest BCUT2D eigenvalue weighted by atomic mass is 79.9. The number of benzene rings is 4. The zero-order chi connectivity index (χ0) is 34.7. The number of aryl methyl sites for hydroxylation is 1. The molecule has 4 heteroatoms. The van der Waals surface area contributed by atoms with Crippen molar-refractivity contribution in [3.8, 4) is 33.6 Å². The number of hydrogen-bond acceptors (Lipinski definition) is 2. The van der Waals surface area contributed by atoms with E-state index < -0.39 is 0 Å². The van der Waals surface area contributed by atoms with Crippen molar-refractivity contribution in [2.24, 2.45) is 0 Å². The van der Waals surface area contributed by atoms with Gasteiger partial charge in [0, 0.05) is 30.8 Å². The standard InChI is InChI=1S/C46H50Br2N2/c1-3-5-7-9-11-13-21-33-22-15-18-25-36(33)42-37(26-14-12-10-8-6-4-2)45(47)46(48)44(41-32-30-35-24-17-20-28-39(35)50-41)43(42)40-31-29-34-23-16-19-27-38(34)49-40/h15-20,22-25,27-32H,3-14,21,26H2,1-2H3. The highest BCUT2D eigenvalue weighted by Gasteiger charge is 2.27. The first-order chi connectivity index (χ1) is 24.6. The quantitative estimate of drug-likeness (QED) is 0.0860. The predicted octanol–water partition coefficient (Wildman–Crippen LogP) is 15.1. The molecule has 50 heavy (non-hydrogen) atoms. The Morgan fingerprint density at radius 3 is 1.56 bits per heavy atom. The fourth-order valence-corrected chi connectivity index (χ4v) is 8.57. The summed E-state index contributed by atoms with van der Waals surface area (Å²) < 4.78 is 2.17. The van der Waals surface area contributed by atoms with Gasteiger partial charge in [0.25, 0.3) is 0 Å². The van der Waals surface area contributed by atoms with Gasteiger partial charge in [0.2, 0.25) is 0 Å². The van der Waals surface area contributed by atoms with Gasteiger partial charge in [0.05, 0.1) is 22.4 Å². The van der Waals surface area contributed by atoms with Gasteiger partial charge in [-0.25, -0.2) is 9.97 Å². The first-order valence-electron chi connectivity index (χ1n) is 18.9. The van der Waals surface area contributed by atoms with Crippen LogP contribution >= 0.6 is 31.9 Å². The van der Waals surface area contributed by atoms with Crippen LogP contribution in [0.1, 0.15) is 102 Å². The molecule has 0 N–H and O–H groups in total. The number of fused-ring (bicyclic) bond motifs is 2. The molecule has 2 aromatic heterocycles. The summed E-state index contributed by atoms with van der Waals surface area (Å²) in [6.07, 6.45) is 17.4. The third-order valence-electron chi connectivity index (χ3n) is 10.1. The zero-order valence-electron chi connectivity index (χ0n) is 29.8. The number of pyridine rings is 2. The van der Waals surface area contributed by atoms with Gasteiger partial charge in [-0.15, -0.1) is 0 Å². The van der Waals surface area contributed by atoms with Crippen molar-refractivity contribution in [2.45, 2.75) is 104 Å². The van der Waals surface area contributed by atoms with Crippen LogP contribution in [0.5, 0.6) is 0 Å². The molecule has 0 aliphatic carbocycles. The van der Waals surface area contributed by atoms with Crippen molar-refractivity contribution in [2.75, 3.05) is 0 Å². The van der Waals surface area contributed by atoms with Gasteiger partial charge < -0.3 is 0 Å². The van der Waals surface area contributed by atoms with Crippen LogP contribution in [0.2, 0.25) is 0 Å². The van der Waals surface area contributed by atoms with E-state index in [9.17, 15) is 0 Å². The number of unbranched alkanes of at least 4 members (excludes halogenated alkanes) is 10. The molecule has 0 aliphatic heterocycles. The zero-order valence-corrected chi connectivity index (χ0v) is 33.0. The molecule has 0 radical (unpaired) electrons. The number of hydrogen-bond donors (Lipinski definition) is 0. The molecule has 4 aromatic carbocycles. The lowest BCUT2D eigenvalue weighted by atomic mass is 9.83. The second-order valence-corrected chi connectivity index (χ2v) is 15.3. The van der Waals surface area contributed by atoms with Crippen LogP contribution < -0.4 is 0 Å². The van der Waals surface area contributed by atoms with Crippen molar-refractivity contribution >= 4 is 53.7 Å². The van der Waals surface area contributed by atoms with Gasteiger partial charge in [-0.2, -0.15) is 0 Å². The Labute approximate surface area is 316 Å². The van der Waals surface area contributed by atoms with Gasteiger partial charge >= 0.3 is 0 Å². The maximum atomic E-state index is 5.39. The van der Waals surface area contributed by atoms with Crippen molar-refractivity contribution in [3.05, 3.63) is 117 Å². The molecule has 0 spiro atoms. The first-order valence-corrected chi connectivity index (χ1v) is 20.5. The second-order valence-electron chi connectivity index (χ2n) is 13.7. The molecule has 0 bridgehead atoms. The average Bonchev–Trinajstić information content (AvgIpc) is 3.15. The maximum absolute atomic E-state index is 5.39. The lowest BCUT2D eigenvalue weighted by molar-refractivity contribution is 0.606. The Balaban J connectivity index is 1.58. The third kappa shape index (κ3) is 8.57. The van der Waals surface area contributed by atoms with Gasteiger partial charge in [-0.05, 0) is 104 Å². The van der Waals surface area contributed by atoms with Crippen molar-refractivity contribution in [1.82, 2.24) is 9.97 Å². The number of halogens is 2. The summed E-state index contributed by atoms with van der Waals surface area (Å²) in [4.78, 5) is 10.7. The fourth-order valence-electron chi connectivity index (χ4n) is 7.34. The Hall–Kier alpha value is -3.34. The van der Waals surface area contributed by atoms with Crippen molar-refractivity contribution < 1.29 is 0 Å². The molecule has 2 heterocycles. The fraction of sp³-hybridized carbons (Fsp3) is 0.348. The summed E-state index contributed by atoms with van der Waals surface area (Å²) in [5.74, 6) is 0. The Morgan fingerprint density at radius 1 is 0.440 bits per heavy atom. The normalized spacial score (nSPS) is 11.5. The molecule has 0 fully saturated rings. The van der Waals surface area contributed by atoms with E-state index in [-0.39, 0.29) is 0 Å². The second kappa shape index (κ2) is 18.2. The molecule has 0 unspecified atom stereocenters. The van der Waals surface area contributed by atoms with Gasteiger partial charge in [0.15, 0.2) is 0 Å². The molecule has 6 rings (SSSR count). The van der Waals surface area contributed by atoms with E-state index in [2.05, 4.69) is 143 Å². The van der Waals surface area contributed by atoms with Crippen molar-refractivity contribution in [3.63, 3.8) is 0 Å². The van der Waals surface area contributed by atoms with Gasteiger partial charge in [-0.3, -0.25) is 0 Å². The molecule has 258 valence electrons. The minimum absolute atomic E-state index is 0.946. The molecular weight excluding hydrogens is 740 g/mol. The lowest BCUT2D eigenvalue weighted by Crippen LogP contribution is -2.04. The SMILES string of the molecule is CCCCCCCCc1ccccc1-c1c(CCCCCCCC)c(Br)c(Br)c(-c2ccc3ccccc3n2)c1-c1ccc2ccccc2n1. The largest absolute Gasteiger partial charge is 0.248 e. The number of rotatable bonds is 17. The highest BCUT2D eigenvalue weighted by molar-refractivity contribution is 9.13. The topological polar surface area (TPSA) is 25.8 Å². The van der Waals surface area contributed by atoms with Crippen LogP contribution in [-0.4, -0.2) is 9.97 Å². The average molecular weight is 791 g/mol. The minimum Gasteiger partial charge on any atom is -0.248 e. The highest BCUT2D eigenvalue weighted by Crippen LogP contribution is 2.50. The molecule has 2 nitrogen and oxygen atoms in total. The summed E-state index contributed by atoms with van der Waals surface area (Å²) in [7, 11) is 0. The van der Waals surface area contributed by atoms with E-state index in [1.54, 1.807) is 0 Å². The number of para-hydroxylation sites is 2. The molecule has 6 aromatic rings. The number of nitrogens with zero attached hydrogens (tertiary/aromatic N) is 2. The Kier molecular flexibility index (Phi) is 13.3. The van der Waals surface area contributed by atoms with E-state index >= 15 is 0 Å². The van der Waals surface area contributed by atoms with E-state index in [4.69, 9.17) is 9.97 Å². The van der Waals surface area contributed by atoms with Crippen LogP contribution in [-0.2, 0) is 12.8 Å². The molecule has 0 saturated carbocycles. The molecule has 0 aliphatic rings. The van der Waals surface area contributed by atoms with E-state index in [1.807, 2.05) is 0 Å². The summed E-state index contributed by atoms with van der Waals surface area (Å²) in [5, 5.41) is 2.29. The molecular formula is C46H50Br2N2. The lowest BCUT2D eigenvalue weighted by Gasteiger charge is -2.25. The summed E-state index contributed by atoms with van der Waals surface area (Å²) in [6.45, 7) is 4.58. The van der Waals surface area contributed by atoms with Gasteiger partial charge in [-0.1, -0.05) is 151 Å². The van der Waals surface area contributed by atoms with Gasteiger partial charge in [0.1, 0.15) is 0 Å². The molecule has 0 atom stereocenters. The Morgan fingerprint density at radius 2 is 0.940 bits per heavy atom. The van der Waals surface area contributed by atoms with E-state index in [0.717, 1.165) is 72.5 Å². The van der Waals surface area contributed by atoms with E-state index in [1.165, 1.54) is 92.9 Å². The third-order valence-corrected chi connectivity index (χ3v) is 12.3.